The van der Waals surface area contributed by atoms with E-state index in [1.807, 2.05) is 18.7 Å². The zero-order chi connectivity index (χ0) is 15.0. The zero-order valence-corrected chi connectivity index (χ0v) is 14.4. The lowest BCUT2D eigenvalue weighted by Crippen LogP contribution is -2.56. The second kappa shape index (κ2) is 8.93. The molecule has 0 aromatic carbocycles. The molecule has 1 fully saturated rings. The van der Waals surface area contributed by atoms with E-state index in [9.17, 15) is 4.79 Å². The third kappa shape index (κ3) is 5.28. The van der Waals surface area contributed by atoms with Gasteiger partial charge < -0.3 is 10.1 Å². The fraction of sp³-hybridized carbons (Fsp3) is 0.938. The first kappa shape index (κ1) is 17.8. The van der Waals surface area contributed by atoms with Crippen LogP contribution in [-0.2, 0) is 9.53 Å². The summed E-state index contributed by atoms with van der Waals surface area (Å²) in [5.74, 6) is 1.85. The van der Waals surface area contributed by atoms with E-state index in [0.717, 1.165) is 32.2 Å². The number of carbonyl (C=O) groups excluding carboxylic acids is 1. The number of thioether (sulfide) groups is 1. The molecule has 1 aliphatic rings. The summed E-state index contributed by atoms with van der Waals surface area (Å²) in [6, 6.07) is 0. The molecule has 1 N–H and O–H groups in total. The Bertz CT molecular complexity index is 296. The van der Waals surface area contributed by atoms with Gasteiger partial charge in [-0.25, -0.2) is 0 Å². The smallest absolute Gasteiger partial charge is 0.326 e. The van der Waals surface area contributed by atoms with Crippen LogP contribution < -0.4 is 5.32 Å². The van der Waals surface area contributed by atoms with Crippen LogP contribution in [0.1, 0.15) is 59.8 Å². The van der Waals surface area contributed by atoms with Gasteiger partial charge >= 0.3 is 5.97 Å². The fourth-order valence-electron chi connectivity index (χ4n) is 2.75. The molecular weight excluding hydrogens is 270 g/mol. The molecule has 0 aromatic heterocycles. The van der Waals surface area contributed by atoms with E-state index in [1.165, 1.54) is 12.2 Å². The first-order valence-corrected chi connectivity index (χ1v) is 9.12. The van der Waals surface area contributed by atoms with Gasteiger partial charge in [0.25, 0.3) is 0 Å². The van der Waals surface area contributed by atoms with Crippen LogP contribution in [0.4, 0.5) is 0 Å². The highest BCUT2D eigenvalue weighted by atomic mass is 32.2. The van der Waals surface area contributed by atoms with Crippen molar-refractivity contribution < 1.29 is 9.53 Å². The van der Waals surface area contributed by atoms with Gasteiger partial charge in [-0.05, 0) is 57.2 Å². The van der Waals surface area contributed by atoms with Crippen molar-refractivity contribution in [1.29, 1.82) is 0 Å². The second-order valence-electron chi connectivity index (χ2n) is 6.17. The molecule has 0 aromatic rings. The van der Waals surface area contributed by atoms with E-state index in [0.29, 0.717) is 17.8 Å². The van der Waals surface area contributed by atoms with Crippen LogP contribution >= 0.6 is 11.8 Å². The molecule has 0 saturated heterocycles. The Hall–Kier alpha value is -0.220. The third-order valence-corrected chi connectivity index (χ3v) is 5.48. The van der Waals surface area contributed by atoms with Crippen LogP contribution in [0, 0.1) is 5.92 Å². The third-order valence-electron chi connectivity index (χ3n) is 3.75. The van der Waals surface area contributed by atoms with E-state index in [4.69, 9.17) is 4.74 Å². The molecule has 1 rings (SSSR count). The molecule has 1 saturated carbocycles. The summed E-state index contributed by atoms with van der Waals surface area (Å²) in [5, 5.41) is 4.08. The van der Waals surface area contributed by atoms with Crippen molar-refractivity contribution in [1.82, 2.24) is 5.32 Å². The zero-order valence-electron chi connectivity index (χ0n) is 13.5. The summed E-state index contributed by atoms with van der Waals surface area (Å²) in [5.41, 5.74) is -0.432. The van der Waals surface area contributed by atoms with Crippen LogP contribution in [-0.4, -0.2) is 35.7 Å². The molecule has 2 atom stereocenters. The minimum absolute atomic E-state index is 0.0386. The van der Waals surface area contributed by atoms with Gasteiger partial charge in [0.05, 0.1) is 6.61 Å². The summed E-state index contributed by atoms with van der Waals surface area (Å²) in [6.07, 6.45) is 5.23. The summed E-state index contributed by atoms with van der Waals surface area (Å²) in [7, 11) is 0. The lowest BCUT2D eigenvalue weighted by molar-refractivity contribution is -0.152. The Morgan fingerprint density at radius 3 is 2.80 bits per heavy atom. The first-order chi connectivity index (χ1) is 9.54. The molecule has 3 nitrogen and oxygen atoms in total. The van der Waals surface area contributed by atoms with E-state index in [1.54, 1.807) is 0 Å². The van der Waals surface area contributed by atoms with Gasteiger partial charge in [-0.15, -0.1) is 0 Å². The second-order valence-corrected chi connectivity index (χ2v) is 7.51. The Balaban J connectivity index is 2.68. The number of nitrogens with one attached hydrogen (secondary N) is 1. The van der Waals surface area contributed by atoms with Gasteiger partial charge in [-0.3, -0.25) is 4.79 Å². The summed E-state index contributed by atoms with van der Waals surface area (Å²) < 4.78 is 5.35. The maximum Gasteiger partial charge on any atom is 0.326 e. The lowest BCUT2D eigenvalue weighted by atomic mass is 9.81. The number of rotatable bonds is 8. The van der Waals surface area contributed by atoms with E-state index in [2.05, 4.69) is 26.1 Å². The number of esters is 1. The minimum Gasteiger partial charge on any atom is -0.465 e. The number of hydrogen-bond acceptors (Lipinski definition) is 4. The minimum atomic E-state index is -0.432. The molecule has 0 aliphatic heterocycles. The highest BCUT2D eigenvalue weighted by Gasteiger charge is 2.43. The largest absolute Gasteiger partial charge is 0.465 e. The molecular formula is C16H31NO2S. The highest BCUT2D eigenvalue weighted by molar-refractivity contribution is 7.99. The molecule has 0 heterocycles. The predicted molar refractivity (Wildman–Crippen MR) is 87.2 cm³/mol. The first-order valence-electron chi connectivity index (χ1n) is 8.08. The van der Waals surface area contributed by atoms with Crippen molar-refractivity contribution in [3.05, 3.63) is 0 Å². The van der Waals surface area contributed by atoms with Crippen molar-refractivity contribution in [2.75, 3.05) is 18.9 Å². The molecule has 4 heteroatoms. The topological polar surface area (TPSA) is 38.3 Å². The highest BCUT2D eigenvalue weighted by Crippen LogP contribution is 2.36. The molecule has 20 heavy (non-hydrogen) atoms. The van der Waals surface area contributed by atoms with Crippen LogP contribution in [0.2, 0.25) is 0 Å². The van der Waals surface area contributed by atoms with Crippen LogP contribution in [0.3, 0.4) is 0 Å². The average Bonchev–Trinajstić information content (AvgIpc) is 2.43. The standard InChI is InChI=1S/C16H31NO2S/c1-5-10-17-16(15(18)19-6-2)9-7-8-14(11-16)20-12-13(3)4/h13-14,17H,5-12H2,1-4H3. The molecule has 1 aliphatic carbocycles. The molecule has 118 valence electrons. The van der Waals surface area contributed by atoms with Gasteiger partial charge in [0.2, 0.25) is 0 Å². The monoisotopic (exact) mass is 301 g/mol. The van der Waals surface area contributed by atoms with Gasteiger partial charge in [0.15, 0.2) is 0 Å². The van der Waals surface area contributed by atoms with Crippen molar-refractivity contribution >= 4 is 17.7 Å². The quantitative estimate of drug-likeness (QED) is 0.695. The van der Waals surface area contributed by atoms with Crippen LogP contribution in [0.15, 0.2) is 0 Å². The molecule has 0 bridgehead atoms. The van der Waals surface area contributed by atoms with Gasteiger partial charge in [-0.1, -0.05) is 20.8 Å². The number of hydrogen-bond donors (Lipinski definition) is 1. The van der Waals surface area contributed by atoms with Crippen LogP contribution in [0.25, 0.3) is 0 Å². The van der Waals surface area contributed by atoms with Gasteiger partial charge in [0, 0.05) is 5.25 Å². The normalized spacial score (nSPS) is 26.8. The molecule has 0 radical (unpaired) electrons. The molecule has 0 amide bonds. The number of carbonyl (C=O) groups is 1. The van der Waals surface area contributed by atoms with Gasteiger partial charge in [-0.2, -0.15) is 11.8 Å². The SMILES string of the molecule is CCCNC1(C(=O)OCC)CCCC(SCC(C)C)C1. The Morgan fingerprint density at radius 2 is 2.20 bits per heavy atom. The van der Waals surface area contributed by atoms with Gasteiger partial charge in [0.1, 0.15) is 5.54 Å². The lowest BCUT2D eigenvalue weighted by Gasteiger charge is -2.39. The fourth-order valence-corrected chi connectivity index (χ4v) is 4.14. The number of ether oxygens (including phenoxy) is 1. The Labute approximate surface area is 128 Å². The summed E-state index contributed by atoms with van der Waals surface area (Å²) in [4.78, 5) is 12.4. The van der Waals surface area contributed by atoms with E-state index >= 15 is 0 Å². The van der Waals surface area contributed by atoms with E-state index < -0.39 is 5.54 Å². The predicted octanol–water partition coefficient (Wildman–Crippen LogP) is 3.62. The van der Waals surface area contributed by atoms with Crippen molar-refractivity contribution in [2.24, 2.45) is 5.92 Å². The summed E-state index contributed by atoms with van der Waals surface area (Å²) >= 11 is 2.03. The Morgan fingerprint density at radius 1 is 1.45 bits per heavy atom. The Kier molecular flexibility index (Phi) is 7.96. The van der Waals surface area contributed by atoms with E-state index in [-0.39, 0.29) is 5.97 Å². The van der Waals surface area contributed by atoms with Crippen molar-refractivity contribution in [3.8, 4) is 0 Å². The van der Waals surface area contributed by atoms with Crippen molar-refractivity contribution in [3.63, 3.8) is 0 Å². The maximum atomic E-state index is 12.4. The summed E-state index contributed by atoms with van der Waals surface area (Å²) in [6.45, 7) is 9.89. The van der Waals surface area contributed by atoms with Crippen molar-refractivity contribution in [2.45, 2.75) is 70.6 Å². The van der Waals surface area contributed by atoms with Crippen LogP contribution in [0.5, 0.6) is 0 Å². The molecule has 2 unspecified atom stereocenters. The maximum absolute atomic E-state index is 12.4. The molecule has 0 spiro atoms. The average molecular weight is 301 g/mol.